The van der Waals surface area contributed by atoms with Crippen LogP contribution in [0.2, 0.25) is 0 Å². The summed E-state index contributed by atoms with van der Waals surface area (Å²) in [7, 11) is 2.18. The summed E-state index contributed by atoms with van der Waals surface area (Å²) in [4.78, 5) is 21.3. The fourth-order valence-electron chi connectivity index (χ4n) is 3.47. The molecule has 4 rings (SSSR count). The Bertz CT molecular complexity index is 1050. The third-order valence-corrected chi connectivity index (χ3v) is 5.54. The van der Waals surface area contributed by atoms with E-state index in [4.69, 9.17) is 9.47 Å². The molecular weight excluding hydrogens is 411 g/mol. The Hall–Kier alpha value is -3.36. The number of morpholine rings is 1. The Morgan fingerprint density at radius 1 is 1.06 bits per heavy atom. The SMILES string of the molecule is C[N+]1(CCNC(=O)c2ccnc(-c3ccc(Oc4ccc(F)cc4)cc3)n2)CCOCC1. The maximum absolute atomic E-state index is 13.0. The molecule has 1 fully saturated rings. The zero-order valence-corrected chi connectivity index (χ0v) is 18.0. The van der Waals surface area contributed by atoms with E-state index >= 15 is 0 Å². The van der Waals surface area contributed by atoms with Crippen LogP contribution in [0.25, 0.3) is 11.4 Å². The molecule has 0 unspecified atom stereocenters. The van der Waals surface area contributed by atoms with Crippen LogP contribution in [0.4, 0.5) is 4.39 Å². The van der Waals surface area contributed by atoms with Gasteiger partial charge in [0.1, 0.15) is 36.1 Å². The molecule has 1 aromatic heterocycles. The number of rotatable bonds is 7. The van der Waals surface area contributed by atoms with Crippen LogP contribution >= 0.6 is 0 Å². The first-order chi connectivity index (χ1) is 15.5. The third kappa shape index (κ3) is 5.66. The number of amides is 1. The molecule has 1 saturated heterocycles. The van der Waals surface area contributed by atoms with Crippen LogP contribution in [0.3, 0.4) is 0 Å². The Balaban J connectivity index is 1.36. The van der Waals surface area contributed by atoms with Gasteiger partial charge in [0.15, 0.2) is 5.82 Å². The van der Waals surface area contributed by atoms with Crippen molar-refractivity contribution in [2.75, 3.05) is 46.4 Å². The lowest BCUT2D eigenvalue weighted by atomic mass is 10.2. The molecule has 0 radical (unpaired) electrons. The average Bonchev–Trinajstić information content (AvgIpc) is 2.81. The van der Waals surface area contributed by atoms with Gasteiger partial charge in [-0.25, -0.2) is 14.4 Å². The first kappa shape index (κ1) is 21.9. The van der Waals surface area contributed by atoms with E-state index in [1.165, 1.54) is 12.1 Å². The van der Waals surface area contributed by atoms with Crippen LogP contribution in [0.1, 0.15) is 10.5 Å². The number of likely N-dealkylation sites (N-methyl/N-ethyl adjacent to an activating group) is 1. The maximum atomic E-state index is 13.0. The van der Waals surface area contributed by atoms with Crippen molar-refractivity contribution in [1.29, 1.82) is 0 Å². The first-order valence-corrected chi connectivity index (χ1v) is 10.6. The lowest BCUT2D eigenvalue weighted by Gasteiger charge is -2.37. The lowest BCUT2D eigenvalue weighted by molar-refractivity contribution is -0.915. The monoisotopic (exact) mass is 437 g/mol. The molecule has 1 aliphatic heterocycles. The molecule has 0 atom stereocenters. The van der Waals surface area contributed by atoms with Gasteiger partial charge in [-0.3, -0.25) is 4.79 Å². The summed E-state index contributed by atoms with van der Waals surface area (Å²) in [5.74, 6) is 1.07. The zero-order chi connectivity index (χ0) is 22.4. The zero-order valence-electron chi connectivity index (χ0n) is 18.0. The first-order valence-electron chi connectivity index (χ1n) is 10.6. The largest absolute Gasteiger partial charge is 0.457 e. The van der Waals surface area contributed by atoms with Gasteiger partial charge in [-0.05, 0) is 54.6 Å². The quantitative estimate of drug-likeness (QED) is 0.575. The van der Waals surface area contributed by atoms with Gasteiger partial charge in [-0.1, -0.05) is 0 Å². The van der Waals surface area contributed by atoms with Gasteiger partial charge in [0.25, 0.3) is 5.91 Å². The number of halogens is 1. The molecule has 0 spiro atoms. The van der Waals surface area contributed by atoms with Crippen molar-refractivity contribution in [1.82, 2.24) is 15.3 Å². The summed E-state index contributed by atoms with van der Waals surface area (Å²) < 4.78 is 25.0. The minimum Gasteiger partial charge on any atom is -0.457 e. The van der Waals surface area contributed by atoms with Crippen LogP contribution in [-0.2, 0) is 4.74 Å². The maximum Gasteiger partial charge on any atom is 0.270 e. The molecule has 0 bridgehead atoms. The summed E-state index contributed by atoms with van der Waals surface area (Å²) in [5.41, 5.74) is 1.09. The Labute approximate surface area is 186 Å². The number of hydrogen-bond donors (Lipinski definition) is 1. The normalized spacial score (nSPS) is 15.2. The molecule has 166 valence electrons. The fraction of sp³-hybridized carbons (Fsp3) is 0.292. The summed E-state index contributed by atoms with van der Waals surface area (Å²) >= 11 is 0. The molecule has 3 aromatic rings. The van der Waals surface area contributed by atoms with Crippen LogP contribution in [0.15, 0.2) is 60.8 Å². The summed E-state index contributed by atoms with van der Waals surface area (Å²) in [6.45, 7) is 4.84. The number of ether oxygens (including phenoxy) is 2. The van der Waals surface area contributed by atoms with E-state index in [-0.39, 0.29) is 11.7 Å². The minimum atomic E-state index is -0.314. The number of carbonyl (C=O) groups excluding carboxylic acids is 1. The number of nitrogens with zero attached hydrogens (tertiary/aromatic N) is 3. The Morgan fingerprint density at radius 3 is 2.41 bits per heavy atom. The van der Waals surface area contributed by atoms with E-state index in [0.717, 1.165) is 42.9 Å². The van der Waals surface area contributed by atoms with Gasteiger partial charge in [0.2, 0.25) is 0 Å². The predicted octanol–water partition coefficient (Wildman–Crippen LogP) is 3.28. The van der Waals surface area contributed by atoms with E-state index in [9.17, 15) is 9.18 Å². The van der Waals surface area contributed by atoms with Crippen LogP contribution in [0, 0.1) is 5.82 Å². The molecule has 1 aliphatic rings. The molecule has 0 saturated carbocycles. The highest BCUT2D eigenvalue weighted by Crippen LogP contribution is 2.24. The molecule has 0 aliphatic carbocycles. The number of hydrogen-bond acceptors (Lipinski definition) is 5. The molecule has 32 heavy (non-hydrogen) atoms. The summed E-state index contributed by atoms with van der Waals surface area (Å²) in [6.07, 6.45) is 1.58. The second kappa shape index (κ2) is 9.84. The Morgan fingerprint density at radius 2 is 1.72 bits per heavy atom. The molecule has 1 N–H and O–H groups in total. The second-order valence-corrected chi connectivity index (χ2v) is 8.00. The standard InChI is InChI=1S/C24H25FN4O3/c1-29(14-16-31-17-15-29)13-12-27-24(30)22-10-11-26-23(28-22)18-2-6-20(7-3-18)32-21-8-4-19(25)5-9-21/h2-11H,12-17H2,1H3/p+1. The van der Waals surface area contributed by atoms with E-state index in [1.807, 2.05) is 12.1 Å². The highest BCUT2D eigenvalue weighted by molar-refractivity contribution is 5.92. The highest BCUT2D eigenvalue weighted by atomic mass is 19.1. The highest BCUT2D eigenvalue weighted by Gasteiger charge is 2.25. The van der Waals surface area contributed by atoms with Crippen molar-refractivity contribution < 1.29 is 23.1 Å². The topological polar surface area (TPSA) is 73.3 Å². The summed E-state index contributed by atoms with van der Waals surface area (Å²) in [5, 5.41) is 2.96. The molecule has 7 nitrogen and oxygen atoms in total. The average molecular weight is 437 g/mol. The number of aromatic nitrogens is 2. The number of benzene rings is 2. The number of carbonyl (C=O) groups is 1. The molecule has 2 aromatic carbocycles. The van der Waals surface area contributed by atoms with Crippen LogP contribution in [-0.4, -0.2) is 66.8 Å². The smallest absolute Gasteiger partial charge is 0.270 e. The summed E-state index contributed by atoms with van der Waals surface area (Å²) in [6, 6.07) is 14.6. The minimum absolute atomic E-state index is 0.218. The second-order valence-electron chi connectivity index (χ2n) is 8.00. The van der Waals surface area contributed by atoms with Crippen LogP contribution in [0.5, 0.6) is 11.5 Å². The van der Waals surface area contributed by atoms with Crippen molar-refractivity contribution in [3.63, 3.8) is 0 Å². The van der Waals surface area contributed by atoms with Crippen molar-refractivity contribution in [3.8, 4) is 22.9 Å². The van der Waals surface area contributed by atoms with Gasteiger partial charge in [-0.15, -0.1) is 0 Å². The van der Waals surface area contributed by atoms with Crippen molar-refractivity contribution in [3.05, 3.63) is 72.3 Å². The van der Waals surface area contributed by atoms with E-state index in [0.29, 0.717) is 29.6 Å². The molecular formula is C24H26FN4O3+. The van der Waals surface area contributed by atoms with Crippen LogP contribution < -0.4 is 10.1 Å². The van der Waals surface area contributed by atoms with Gasteiger partial charge >= 0.3 is 0 Å². The number of quaternary nitrogens is 1. The molecule has 8 heteroatoms. The van der Waals surface area contributed by atoms with Crippen molar-refractivity contribution >= 4 is 5.91 Å². The van der Waals surface area contributed by atoms with Gasteiger partial charge in [0, 0.05) is 11.8 Å². The van der Waals surface area contributed by atoms with E-state index < -0.39 is 0 Å². The molecule has 2 heterocycles. The van der Waals surface area contributed by atoms with Gasteiger partial charge < -0.3 is 19.3 Å². The molecule has 1 amide bonds. The van der Waals surface area contributed by atoms with E-state index in [1.54, 1.807) is 36.5 Å². The predicted molar refractivity (Wildman–Crippen MR) is 118 cm³/mol. The lowest BCUT2D eigenvalue weighted by Crippen LogP contribution is -2.54. The van der Waals surface area contributed by atoms with Gasteiger partial charge in [0.05, 0.1) is 33.4 Å². The van der Waals surface area contributed by atoms with Crippen molar-refractivity contribution in [2.45, 2.75) is 0 Å². The van der Waals surface area contributed by atoms with Crippen molar-refractivity contribution in [2.24, 2.45) is 0 Å². The van der Waals surface area contributed by atoms with Gasteiger partial charge in [-0.2, -0.15) is 0 Å². The third-order valence-electron chi connectivity index (χ3n) is 5.54. The Kier molecular flexibility index (Phi) is 6.72. The van der Waals surface area contributed by atoms with E-state index in [2.05, 4.69) is 22.3 Å². The fourth-order valence-corrected chi connectivity index (χ4v) is 3.47. The number of nitrogens with one attached hydrogen (secondary N) is 1.